The highest BCUT2D eigenvalue weighted by atomic mass is 32.1. The molecule has 0 atom stereocenters. The number of nitrogens with zero attached hydrogens (tertiary/aromatic N) is 1. The number of carbonyl (C=O) groups excluding carboxylic acids is 1. The Morgan fingerprint density at radius 2 is 2.00 bits per heavy atom. The predicted octanol–water partition coefficient (Wildman–Crippen LogP) is 1.69. The number of carbonyl (C=O) groups is 1. The van der Waals surface area contributed by atoms with Crippen molar-refractivity contribution in [2.75, 3.05) is 6.54 Å². The van der Waals surface area contributed by atoms with Gasteiger partial charge in [0.1, 0.15) is 10.8 Å². The molecule has 2 rings (SSSR count). The van der Waals surface area contributed by atoms with Crippen molar-refractivity contribution in [1.82, 2.24) is 4.90 Å². The molecule has 0 saturated heterocycles. The van der Waals surface area contributed by atoms with Gasteiger partial charge in [-0.1, -0.05) is 25.1 Å². The standard InChI is InChI=1S/C15H20FN3OS/c16-13-6-5-10(15(18)21)7-11(13)8-19(9-14(17)20)12-3-1-2-4-12/h5-7,12H,1-4,8-9H2,(H2,17,20)(H2,18,21). The molecule has 6 heteroatoms. The Kier molecular flexibility index (Phi) is 5.25. The van der Waals surface area contributed by atoms with E-state index in [4.69, 9.17) is 23.7 Å². The van der Waals surface area contributed by atoms with Crippen LogP contribution in [0.4, 0.5) is 4.39 Å². The molecule has 0 unspecified atom stereocenters. The quantitative estimate of drug-likeness (QED) is 0.784. The van der Waals surface area contributed by atoms with E-state index in [1.54, 1.807) is 12.1 Å². The average Bonchev–Trinajstić information content (AvgIpc) is 2.93. The fourth-order valence-electron chi connectivity index (χ4n) is 2.85. The maximum Gasteiger partial charge on any atom is 0.231 e. The lowest BCUT2D eigenvalue weighted by Crippen LogP contribution is -2.39. The van der Waals surface area contributed by atoms with E-state index >= 15 is 0 Å². The van der Waals surface area contributed by atoms with Crippen molar-refractivity contribution in [1.29, 1.82) is 0 Å². The fraction of sp³-hybridized carbons (Fsp3) is 0.467. The minimum atomic E-state index is -0.396. The van der Waals surface area contributed by atoms with Crippen LogP contribution in [-0.2, 0) is 11.3 Å². The van der Waals surface area contributed by atoms with Gasteiger partial charge in [-0.25, -0.2) is 4.39 Å². The lowest BCUT2D eigenvalue weighted by molar-refractivity contribution is -0.119. The highest BCUT2D eigenvalue weighted by Gasteiger charge is 2.24. The van der Waals surface area contributed by atoms with Crippen LogP contribution in [0.15, 0.2) is 18.2 Å². The normalized spacial score (nSPS) is 15.5. The maximum atomic E-state index is 14.0. The van der Waals surface area contributed by atoms with Crippen LogP contribution in [0.1, 0.15) is 36.8 Å². The van der Waals surface area contributed by atoms with Crippen LogP contribution in [0.5, 0.6) is 0 Å². The van der Waals surface area contributed by atoms with Gasteiger partial charge in [-0.15, -0.1) is 0 Å². The van der Waals surface area contributed by atoms with Gasteiger partial charge in [0.25, 0.3) is 0 Å². The Bertz CT molecular complexity index is 544. The van der Waals surface area contributed by atoms with E-state index in [0.717, 1.165) is 25.7 Å². The first kappa shape index (κ1) is 15.9. The van der Waals surface area contributed by atoms with Crippen molar-refractivity contribution in [2.45, 2.75) is 38.3 Å². The van der Waals surface area contributed by atoms with Gasteiger partial charge in [-0.05, 0) is 31.0 Å². The summed E-state index contributed by atoms with van der Waals surface area (Å²) in [4.78, 5) is 13.5. The van der Waals surface area contributed by atoms with Crippen molar-refractivity contribution >= 4 is 23.1 Å². The first-order valence-corrected chi connectivity index (χ1v) is 7.49. The molecule has 1 fully saturated rings. The van der Waals surface area contributed by atoms with E-state index in [0.29, 0.717) is 17.7 Å². The number of hydrogen-bond donors (Lipinski definition) is 2. The number of benzene rings is 1. The maximum absolute atomic E-state index is 14.0. The number of thiocarbonyl (C=S) groups is 1. The number of primary amides is 1. The topological polar surface area (TPSA) is 72.4 Å². The zero-order chi connectivity index (χ0) is 15.4. The second-order valence-corrected chi connectivity index (χ2v) is 5.92. The molecule has 1 aromatic carbocycles. The molecular formula is C15H20FN3OS. The Morgan fingerprint density at radius 3 is 2.57 bits per heavy atom. The number of rotatable bonds is 6. The molecule has 1 amide bonds. The summed E-state index contributed by atoms with van der Waals surface area (Å²) in [6, 6.07) is 4.86. The van der Waals surface area contributed by atoms with Crippen LogP contribution in [-0.4, -0.2) is 28.4 Å². The number of halogens is 1. The third-order valence-corrected chi connectivity index (χ3v) is 4.14. The summed E-state index contributed by atoms with van der Waals surface area (Å²) >= 11 is 4.92. The molecule has 0 aliphatic heterocycles. The molecule has 114 valence electrons. The van der Waals surface area contributed by atoms with Crippen LogP contribution in [0.3, 0.4) is 0 Å². The van der Waals surface area contributed by atoms with Crippen molar-refractivity contribution < 1.29 is 9.18 Å². The third-order valence-electron chi connectivity index (χ3n) is 3.90. The van der Waals surface area contributed by atoms with Crippen molar-refractivity contribution in [3.63, 3.8) is 0 Å². The van der Waals surface area contributed by atoms with Gasteiger partial charge in [0.15, 0.2) is 0 Å². The van der Waals surface area contributed by atoms with Gasteiger partial charge in [0, 0.05) is 23.7 Å². The molecule has 1 aliphatic rings. The second kappa shape index (κ2) is 6.95. The third kappa shape index (κ3) is 4.22. The van der Waals surface area contributed by atoms with Gasteiger partial charge in [0.2, 0.25) is 5.91 Å². The zero-order valence-electron chi connectivity index (χ0n) is 11.8. The minimum absolute atomic E-state index is 0.140. The summed E-state index contributed by atoms with van der Waals surface area (Å²) in [6.07, 6.45) is 4.30. The average molecular weight is 309 g/mol. The summed E-state index contributed by atoms with van der Waals surface area (Å²) in [7, 11) is 0. The highest BCUT2D eigenvalue weighted by Crippen LogP contribution is 2.25. The molecule has 0 bridgehead atoms. The van der Waals surface area contributed by atoms with Crippen LogP contribution in [0.2, 0.25) is 0 Å². The lowest BCUT2D eigenvalue weighted by atomic mass is 10.1. The Balaban J connectivity index is 2.20. The van der Waals surface area contributed by atoms with Gasteiger partial charge in [-0.2, -0.15) is 0 Å². The Morgan fingerprint density at radius 1 is 1.33 bits per heavy atom. The second-order valence-electron chi connectivity index (χ2n) is 5.48. The molecule has 4 N–H and O–H groups in total. The predicted molar refractivity (Wildman–Crippen MR) is 84.1 cm³/mol. The van der Waals surface area contributed by atoms with E-state index in [1.807, 2.05) is 4.90 Å². The van der Waals surface area contributed by atoms with Gasteiger partial charge < -0.3 is 11.5 Å². The van der Waals surface area contributed by atoms with E-state index in [9.17, 15) is 9.18 Å². The molecule has 1 saturated carbocycles. The Hall–Kier alpha value is -1.53. The highest BCUT2D eigenvalue weighted by molar-refractivity contribution is 7.80. The molecule has 4 nitrogen and oxygen atoms in total. The van der Waals surface area contributed by atoms with Crippen LogP contribution < -0.4 is 11.5 Å². The van der Waals surface area contributed by atoms with Crippen LogP contribution >= 0.6 is 12.2 Å². The van der Waals surface area contributed by atoms with E-state index < -0.39 is 5.91 Å². The van der Waals surface area contributed by atoms with Gasteiger partial charge in [0.05, 0.1) is 6.54 Å². The van der Waals surface area contributed by atoms with E-state index in [-0.39, 0.29) is 23.4 Å². The molecule has 0 spiro atoms. The monoisotopic (exact) mass is 309 g/mol. The van der Waals surface area contributed by atoms with E-state index in [2.05, 4.69) is 0 Å². The summed E-state index contributed by atoms with van der Waals surface area (Å²) in [5, 5.41) is 0. The first-order chi connectivity index (χ1) is 9.97. The number of nitrogens with two attached hydrogens (primary N) is 2. The number of amides is 1. The van der Waals surface area contributed by atoms with Crippen LogP contribution in [0.25, 0.3) is 0 Å². The van der Waals surface area contributed by atoms with Gasteiger partial charge in [-0.3, -0.25) is 9.69 Å². The summed E-state index contributed by atoms with van der Waals surface area (Å²) in [6.45, 7) is 0.483. The van der Waals surface area contributed by atoms with E-state index in [1.165, 1.54) is 6.07 Å². The first-order valence-electron chi connectivity index (χ1n) is 7.08. The molecule has 0 aromatic heterocycles. The molecule has 0 heterocycles. The number of hydrogen-bond acceptors (Lipinski definition) is 3. The smallest absolute Gasteiger partial charge is 0.231 e. The van der Waals surface area contributed by atoms with Crippen molar-refractivity contribution in [3.8, 4) is 0 Å². The largest absolute Gasteiger partial charge is 0.389 e. The van der Waals surface area contributed by atoms with Crippen molar-refractivity contribution in [3.05, 3.63) is 35.1 Å². The Labute approximate surface area is 129 Å². The zero-order valence-corrected chi connectivity index (χ0v) is 12.7. The SMILES string of the molecule is NC(=O)CN(Cc1cc(C(N)=S)ccc1F)C1CCCC1. The van der Waals surface area contributed by atoms with Crippen molar-refractivity contribution in [2.24, 2.45) is 11.5 Å². The summed E-state index contributed by atoms with van der Waals surface area (Å²) < 4.78 is 14.0. The fourth-order valence-corrected chi connectivity index (χ4v) is 2.98. The van der Waals surface area contributed by atoms with Crippen LogP contribution in [0, 0.1) is 5.82 Å². The molecule has 1 aliphatic carbocycles. The molecule has 1 aromatic rings. The summed E-state index contributed by atoms with van der Waals surface area (Å²) in [5.41, 5.74) is 12.0. The minimum Gasteiger partial charge on any atom is -0.389 e. The summed E-state index contributed by atoms with van der Waals surface area (Å²) in [5.74, 6) is -0.713. The molecular weight excluding hydrogens is 289 g/mol. The lowest BCUT2D eigenvalue weighted by Gasteiger charge is -2.27. The van der Waals surface area contributed by atoms with Gasteiger partial charge >= 0.3 is 0 Å². The molecule has 21 heavy (non-hydrogen) atoms. The molecule has 0 radical (unpaired) electrons.